The molecule has 196 valence electrons. The number of nitrogens with zero attached hydrogens (tertiary/aromatic N) is 4. The van der Waals surface area contributed by atoms with Crippen molar-refractivity contribution < 1.29 is 19.7 Å². The molecule has 1 aromatic carbocycles. The van der Waals surface area contributed by atoms with E-state index < -0.39 is 24.2 Å². The van der Waals surface area contributed by atoms with Crippen molar-refractivity contribution >= 4 is 44.3 Å². The van der Waals surface area contributed by atoms with Gasteiger partial charge in [-0.1, -0.05) is 18.2 Å². The lowest BCUT2D eigenvalue weighted by molar-refractivity contribution is 0.00446. The minimum Gasteiger partial charge on any atom is -0.459 e. The van der Waals surface area contributed by atoms with Crippen LogP contribution in [0.4, 0.5) is 11.8 Å². The first-order valence-corrected chi connectivity index (χ1v) is 13.3. The molecule has 1 saturated carbocycles. The zero-order valence-corrected chi connectivity index (χ0v) is 21.7. The molecule has 0 spiro atoms. The Labute approximate surface area is 222 Å². The van der Waals surface area contributed by atoms with Crippen LogP contribution in [-0.2, 0) is 0 Å². The smallest absolute Gasteiger partial charge is 0.225 e. The Balaban J connectivity index is 1.37. The largest absolute Gasteiger partial charge is 0.459 e. The summed E-state index contributed by atoms with van der Waals surface area (Å²) in [7, 11) is 0. The highest BCUT2D eigenvalue weighted by atomic mass is 32.1. The minimum absolute atomic E-state index is 0.210. The Hall–Kier alpha value is -3.64. The fourth-order valence-corrected chi connectivity index (χ4v) is 6.02. The molecule has 10 nitrogen and oxygen atoms in total. The van der Waals surface area contributed by atoms with Crippen LogP contribution in [0.15, 0.2) is 53.2 Å². The second kappa shape index (κ2) is 9.91. The van der Waals surface area contributed by atoms with Gasteiger partial charge in [0.1, 0.15) is 33.8 Å². The summed E-state index contributed by atoms with van der Waals surface area (Å²) in [6, 6.07) is 11.0. The third-order valence-electron chi connectivity index (χ3n) is 7.07. The van der Waals surface area contributed by atoms with Gasteiger partial charge in [-0.2, -0.15) is 4.98 Å². The van der Waals surface area contributed by atoms with Crippen molar-refractivity contribution in [2.45, 2.75) is 44.6 Å². The molecule has 5 N–H and O–H groups in total. The zero-order valence-electron chi connectivity index (χ0n) is 20.9. The Morgan fingerprint density at radius 2 is 1.97 bits per heavy atom. The van der Waals surface area contributed by atoms with Gasteiger partial charge >= 0.3 is 0 Å². The maximum Gasteiger partial charge on any atom is 0.225 e. The second-order valence-electron chi connectivity index (χ2n) is 9.68. The van der Waals surface area contributed by atoms with E-state index in [-0.39, 0.29) is 12.6 Å². The van der Waals surface area contributed by atoms with Gasteiger partial charge in [0.2, 0.25) is 5.95 Å². The van der Waals surface area contributed by atoms with E-state index in [4.69, 9.17) is 19.4 Å². The van der Waals surface area contributed by atoms with Crippen LogP contribution in [-0.4, -0.2) is 60.1 Å². The van der Waals surface area contributed by atoms with E-state index >= 15 is 0 Å². The van der Waals surface area contributed by atoms with Crippen LogP contribution >= 0.6 is 11.3 Å². The number of aliphatic hydroxyl groups is 3. The average Bonchev–Trinajstić information content (AvgIpc) is 3.60. The van der Waals surface area contributed by atoms with Crippen LogP contribution in [0.1, 0.15) is 30.8 Å². The van der Waals surface area contributed by atoms with Crippen molar-refractivity contribution in [2.75, 3.05) is 17.2 Å². The molecular weight excluding hydrogens is 504 g/mol. The van der Waals surface area contributed by atoms with Crippen molar-refractivity contribution in [2.24, 2.45) is 5.92 Å². The molecule has 0 unspecified atom stereocenters. The van der Waals surface area contributed by atoms with Crippen LogP contribution in [0.25, 0.3) is 31.8 Å². The number of nitrogens with one attached hydrogen (secondary N) is 2. The summed E-state index contributed by atoms with van der Waals surface area (Å²) in [5.74, 6) is 1.20. The van der Waals surface area contributed by atoms with E-state index in [0.29, 0.717) is 29.4 Å². The fourth-order valence-electron chi connectivity index (χ4n) is 4.99. The molecule has 0 bridgehead atoms. The SMILES string of the molecule is Cc1nc(N[C@H](C)c2cc3ccccc3o2)nc(N[C@@H]2C[C@H](CO)[C@@H](O)[C@H]2O)c1-c1nc2cnccc2s1. The summed E-state index contributed by atoms with van der Waals surface area (Å²) >= 11 is 1.50. The third-order valence-corrected chi connectivity index (χ3v) is 8.12. The van der Waals surface area contributed by atoms with Gasteiger partial charge in [0.15, 0.2) is 0 Å². The van der Waals surface area contributed by atoms with E-state index in [1.165, 1.54) is 11.3 Å². The number of rotatable bonds is 7. The van der Waals surface area contributed by atoms with Gasteiger partial charge in [-0.3, -0.25) is 4.98 Å². The average molecular weight is 533 g/mol. The predicted molar refractivity (Wildman–Crippen MR) is 146 cm³/mol. The summed E-state index contributed by atoms with van der Waals surface area (Å²) in [5, 5.41) is 39.1. The third kappa shape index (κ3) is 4.47. The Morgan fingerprint density at radius 1 is 1.13 bits per heavy atom. The van der Waals surface area contributed by atoms with Gasteiger partial charge in [0, 0.05) is 24.1 Å². The molecule has 0 radical (unpaired) electrons. The summed E-state index contributed by atoms with van der Waals surface area (Å²) in [6.45, 7) is 3.65. The first-order valence-electron chi connectivity index (χ1n) is 12.5. The topological polar surface area (TPSA) is 149 Å². The molecule has 1 aliphatic carbocycles. The maximum absolute atomic E-state index is 10.7. The number of pyridine rings is 1. The van der Waals surface area contributed by atoms with E-state index in [2.05, 4.69) is 15.6 Å². The number of para-hydroxylation sites is 1. The lowest BCUT2D eigenvalue weighted by atomic mass is 10.1. The number of aryl methyl sites for hydroxylation is 1. The number of aliphatic hydroxyl groups excluding tert-OH is 3. The normalized spacial score (nSPS) is 22.2. The van der Waals surface area contributed by atoms with Gasteiger partial charge in [-0.25, -0.2) is 9.97 Å². The van der Waals surface area contributed by atoms with Gasteiger partial charge in [0.25, 0.3) is 0 Å². The standard InChI is InChI=1S/C27H28N6O4S/c1-13(20-10-15-5-3-4-6-19(15)37-20)29-27-30-14(2)22(26-32-18-11-28-8-7-21(18)38-26)25(33-27)31-17-9-16(12-34)23(35)24(17)36/h3-8,10-11,13,16-17,23-24,34-36H,9,12H2,1-2H3,(H2,29,30,31,33)/t13-,16-,17-,23-,24+/m1/s1. The molecule has 38 heavy (non-hydrogen) atoms. The molecule has 4 aromatic heterocycles. The molecule has 0 aliphatic heterocycles. The van der Waals surface area contributed by atoms with Crippen molar-refractivity contribution in [3.05, 3.63) is 60.2 Å². The Kier molecular flexibility index (Phi) is 6.44. The second-order valence-corrected chi connectivity index (χ2v) is 10.7. The van der Waals surface area contributed by atoms with Crippen molar-refractivity contribution in [1.29, 1.82) is 0 Å². The first-order chi connectivity index (χ1) is 18.4. The van der Waals surface area contributed by atoms with Crippen LogP contribution in [0, 0.1) is 12.8 Å². The van der Waals surface area contributed by atoms with Crippen LogP contribution in [0.2, 0.25) is 0 Å². The van der Waals surface area contributed by atoms with Gasteiger partial charge in [-0.05, 0) is 38.5 Å². The molecule has 5 aromatic rings. The number of benzene rings is 1. The summed E-state index contributed by atoms with van der Waals surface area (Å²) in [5.41, 5.74) is 2.99. The molecule has 1 aliphatic rings. The Bertz CT molecular complexity index is 1540. The summed E-state index contributed by atoms with van der Waals surface area (Å²) in [4.78, 5) is 18.5. The van der Waals surface area contributed by atoms with E-state index in [0.717, 1.165) is 32.0 Å². The van der Waals surface area contributed by atoms with E-state index in [9.17, 15) is 15.3 Å². The lowest BCUT2D eigenvalue weighted by Gasteiger charge is -2.22. The molecule has 0 amide bonds. The number of fused-ring (bicyclic) bond motifs is 2. The lowest BCUT2D eigenvalue weighted by Crippen LogP contribution is -2.35. The highest BCUT2D eigenvalue weighted by Crippen LogP contribution is 2.38. The summed E-state index contributed by atoms with van der Waals surface area (Å²) < 4.78 is 7.00. The quantitative estimate of drug-likeness (QED) is 0.209. The maximum atomic E-state index is 10.7. The zero-order chi connectivity index (χ0) is 26.4. The van der Waals surface area contributed by atoms with Gasteiger partial charge in [-0.15, -0.1) is 11.3 Å². The molecule has 0 saturated heterocycles. The van der Waals surface area contributed by atoms with Crippen LogP contribution in [0.3, 0.4) is 0 Å². The molecule has 4 heterocycles. The van der Waals surface area contributed by atoms with Crippen LogP contribution in [0.5, 0.6) is 0 Å². The molecule has 5 atom stereocenters. The van der Waals surface area contributed by atoms with Crippen LogP contribution < -0.4 is 10.6 Å². The predicted octanol–water partition coefficient (Wildman–Crippen LogP) is 3.89. The van der Waals surface area contributed by atoms with Crippen molar-refractivity contribution in [1.82, 2.24) is 19.9 Å². The molecule has 6 rings (SSSR count). The number of aromatic nitrogens is 4. The highest BCUT2D eigenvalue weighted by molar-refractivity contribution is 7.21. The Morgan fingerprint density at radius 3 is 2.74 bits per heavy atom. The summed E-state index contributed by atoms with van der Waals surface area (Å²) in [6.07, 6.45) is 1.75. The number of hydrogen-bond acceptors (Lipinski definition) is 11. The van der Waals surface area contributed by atoms with E-state index in [1.807, 2.05) is 50.2 Å². The van der Waals surface area contributed by atoms with E-state index in [1.54, 1.807) is 12.4 Å². The molecule has 11 heteroatoms. The minimum atomic E-state index is -1.05. The van der Waals surface area contributed by atoms with Gasteiger partial charge < -0.3 is 30.4 Å². The number of hydrogen-bond donors (Lipinski definition) is 5. The van der Waals surface area contributed by atoms with Gasteiger partial charge in [0.05, 0.1) is 40.3 Å². The number of thiazole rings is 1. The number of furan rings is 1. The monoisotopic (exact) mass is 532 g/mol. The van der Waals surface area contributed by atoms with Crippen molar-refractivity contribution in [3.8, 4) is 10.6 Å². The molecular formula is C27H28N6O4S. The first kappa shape index (κ1) is 24.7. The highest BCUT2D eigenvalue weighted by Gasteiger charge is 2.41. The number of anilines is 2. The molecule has 1 fully saturated rings. The van der Waals surface area contributed by atoms with Crippen molar-refractivity contribution in [3.63, 3.8) is 0 Å². The fraction of sp³-hybridized carbons (Fsp3) is 0.333.